The molecular weight excluding hydrogens is 350 g/mol. The highest BCUT2D eigenvalue weighted by molar-refractivity contribution is 9.10. The lowest BCUT2D eigenvalue weighted by Gasteiger charge is -2.27. The van der Waals surface area contributed by atoms with E-state index in [1.807, 2.05) is 34.0 Å². The SMILES string of the molecule is CC.CN.CNC(c1ccccc1)C(NC)c1ccc(Br)cc1. The highest BCUT2D eigenvalue weighted by atomic mass is 79.9. The summed E-state index contributed by atoms with van der Waals surface area (Å²) in [5.41, 5.74) is 7.06. The van der Waals surface area contributed by atoms with E-state index >= 15 is 0 Å². The third kappa shape index (κ3) is 6.83. The van der Waals surface area contributed by atoms with Crippen LogP contribution in [0.2, 0.25) is 0 Å². The van der Waals surface area contributed by atoms with Crippen molar-refractivity contribution in [2.45, 2.75) is 25.9 Å². The summed E-state index contributed by atoms with van der Waals surface area (Å²) in [5.74, 6) is 0. The Hall–Kier alpha value is -1.20. The van der Waals surface area contributed by atoms with E-state index in [0.717, 1.165) is 4.47 Å². The van der Waals surface area contributed by atoms with Crippen LogP contribution in [0.5, 0.6) is 0 Å². The standard InChI is InChI=1S/C16H19BrN2.C2H6.CH5N/c1-18-15(12-6-4-3-5-7-12)16(19-2)13-8-10-14(17)11-9-13;2*1-2/h3-11,15-16,18-19H,1-2H3;1-2H3;2H2,1H3. The summed E-state index contributed by atoms with van der Waals surface area (Å²) >= 11 is 3.48. The molecule has 0 amide bonds. The summed E-state index contributed by atoms with van der Waals surface area (Å²) in [5, 5.41) is 6.82. The molecule has 0 heterocycles. The molecule has 4 heteroatoms. The monoisotopic (exact) mass is 379 g/mol. The summed E-state index contributed by atoms with van der Waals surface area (Å²) < 4.78 is 1.10. The van der Waals surface area contributed by atoms with Crippen LogP contribution in [0.3, 0.4) is 0 Å². The van der Waals surface area contributed by atoms with E-state index in [9.17, 15) is 0 Å². The highest BCUT2D eigenvalue weighted by Gasteiger charge is 2.21. The molecular formula is C19H30BrN3. The van der Waals surface area contributed by atoms with Gasteiger partial charge in [0.15, 0.2) is 0 Å². The lowest BCUT2D eigenvalue weighted by molar-refractivity contribution is 0.432. The van der Waals surface area contributed by atoms with Gasteiger partial charge in [0.05, 0.1) is 12.1 Å². The Morgan fingerprint density at radius 3 is 1.52 bits per heavy atom. The molecule has 3 nitrogen and oxygen atoms in total. The van der Waals surface area contributed by atoms with E-state index in [4.69, 9.17) is 0 Å². The van der Waals surface area contributed by atoms with E-state index in [1.165, 1.54) is 18.2 Å². The Kier molecular flexibility index (Phi) is 12.6. The normalized spacial score (nSPS) is 12.1. The molecule has 23 heavy (non-hydrogen) atoms. The quantitative estimate of drug-likeness (QED) is 0.726. The number of nitrogens with one attached hydrogen (secondary N) is 2. The lowest BCUT2D eigenvalue weighted by atomic mass is 9.93. The second-order valence-corrected chi connectivity index (χ2v) is 5.41. The minimum Gasteiger partial charge on any atom is -0.333 e. The fourth-order valence-electron chi connectivity index (χ4n) is 2.38. The molecule has 2 rings (SSSR count). The molecule has 0 aliphatic carbocycles. The molecule has 4 N–H and O–H groups in total. The van der Waals surface area contributed by atoms with Crippen LogP contribution < -0.4 is 16.4 Å². The number of likely N-dealkylation sites (N-methyl/N-ethyl adjacent to an activating group) is 2. The van der Waals surface area contributed by atoms with Crippen molar-refractivity contribution in [1.82, 2.24) is 10.6 Å². The van der Waals surface area contributed by atoms with Gasteiger partial charge in [-0.25, -0.2) is 0 Å². The molecule has 0 aliphatic heterocycles. The maximum absolute atomic E-state index is 4.50. The number of halogens is 1. The van der Waals surface area contributed by atoms with Gasteiger partial charge in [0.2, 0.25) is 0 Å². The average molecular weight is 380 g/mol. The second kappa shape index (κ2) is 13.3. The maximum Gasteiger partial charge on any atom is 0.0515 e. The number of hydrogen-bond donors (Lipinski definition) is 3. The van der Waals surface area contributed by atoms with Crippen molar-refractivity contribution in [1.29, 1.82) is 0 Å². The van der Waals surface area contributed by atoms with Crippen molar-refractivity contribution < 1.29 is 0 Å². The van der Waals surface area contributed by atoms with Gasteiger partial charge in [-0.05, 0) is 44.4 Å². The average Bonchev–Trinajstić information content (AvgIpc) is 2.64. The van der Waals surface area contributed by atoms with Gasteiger partial charge in [0, 0.05) is 4.47 Å². The summed E-state index contributed by atoms with van der Waals surface area (Å²) in [6.07, 6.45) is 0. The van der Waals surface area contributed by atoms with Crippen LogP contribution in [0.1, 0.15) is 37.1 Å². The van der Waals surface area contributed by atoms with E-state index in [0.29, 0.717) is 0 Å². The Bertz CT molecular complexity index is 500. The van der Waals surface area contributed by atoms with Crippen molar-refractivity contribution >= 4 is 15.9 Å². The molecule has 2 unspecified atom stereocenters. The molecule has 0 radical (unpaired) electrons. The number of nitrogens with two attached hydrogens (primary N) is 1. The Morgan fingerprint density at radius 2 is 1.13 bits per heavy atom. The van der Waals surface area contributed by atoms with E-state index < -0.39 is 0 Å². The largest absolute Gasteiger partial charge is 0.333 e. The van der Waals surface area contributed by atoms with Crippen LogP contribution >= 0.6 is 15.9 Å². The molecule has 0 aliphatic rings. The van der Waals surface area contributed by atoms with E-state index in [2.05, 4.69) is 80.8 Å². The molecule has 2 atom stereocenters. The van der Waals surface area contributed by atoms with Crippen LogP contribution in [-0.4, -0.2) is 21.1 Å². The van der Waals surface area contributed by atoms with Crippen molar-refractivity contribution in [2.24, 2.45) is 5.73 Å². The number of rotatable bonds is 5. The van der Waals surface area contributed by atoms with Gasteiger partial charge >= 0.3 is 0 Å². The Balaban J connectivity index is 0.00000112. The zero-order chi connectivity index (χ0) is 17.7. The minimum absolute atomic E-state index is 0.237. The van der Waals surface area contributed by atoms with Crippen LogP contribution in [0.25, 0.3) is 0 Å². The van der Waals surface area contributed by atoms with E-state index in [1.54, 1.807) is 0 Å². The Morgan fingerprint density at radius 1 is 0.739 bits per heavy atom. The summed E-state index contributed by atoms with van der Waals surface area (Å²) in [6.45, 7) is 4.00. The molecule has 2 aromatic carbocycles. The van der Waals surface area contributed by atoms with Gasteiger partial charge in [-0.3, -0.25) is 0 Å². The van der Waals surface area contributed by atoms with Crippen molar-refractivity contribution in [3.05, 3.63) is 70.2 Å². The first-order chi connectivity index (χ1) is 11.3. The van der Waals surface area contributed by atoms with E-state index in [-0.39, 0.29) is 12.1 Å². The fraction of sp³-hybridized carbons (Fsp3) is 0.368. The molecule has 2 aromatic rings. The van der Waals surface area contributed by atoms with Crippen LogP contribution in [0.4, 0.5) is 0 Å². The first-order valence-corrected chi connectivity index (χ1v) is 8.78. The molecule has 0 bridgehead atoms. The maximum atomic E-state index is 4.50. The van der Waals surface area contributed by atoms with Crippen LogP contribution in [-0.2, 0) is 0 Å². The molecule has 0 saturated carbocycles. The summed E-state index contributed by atoms with van der Waals surface area (Å²) in [4.78, 5) is 0. The lowest BCUT2D eigenvalue weighted by Crippen LogP contribution is -2.31. The molecule has 0 aromatic heterocycles. The third-order valence-electron chi connectivity index (χ3n) is 3.34. The number of benzene rings is 2. The first kappa shape index (κ1) is 21.8. The van der Waals surface area contributed by atoms with Gasteiger partial charge in [-0.15, -0.1) is 0 Å². The fourth-order valence-corrected chi connectivity index (χ4v) is 2.65. The van der Waals surface area contributed by atoms with Gasteiger partial charge in [-0.1, -0.05) is 72.2 Å². The first-order valence-electron chi connectivity index (χ1n) is 7.99. The minimum atomic E-state index is 0.237. The predicted molar refractivity (Wildman–Crippen MR) is 106 cm³/mol. The van der Waals surface area contributed by atoms with Crippen molar-refractivity contribution in [3.63, 3.8) is 0 Å². The smallest absolute Gasteiger partial charge is 0.0515 e. The predicted octanol–water partition coefficient (Wildman–Crippen LogP) is 4.27. The summed E-state index contributed by atoms with van der Waals surface area (Å²) in [7, 11) is 5.50. The zero-order valence-electron chi connectivity index (χ0n) is 14.8. The Labute approximate surface area is 149 Å². The van der Waals surface area contributed by atoms with Gasteiger partial charge in [-0.2, -0.15) is 0 Å². The summed E-state index contributed by atoms with van der Waals surface area (Å²) in [6, 6.07) is 19.5. The van der Waals surface area contributed by atoms with Crippen LogP contribution in [0.15, 0.2) is 59.1 Å². The third-order valence-corrected chi connectivity index (χ3v) is 3.87. The topological polar surface area (TPSA) is 50.1 Å². The van der Waals surface area contributed by atoms with Crippen molar-refractivity contribution in [2.75, 3.05) is 21.1 Å². The highest BCUT2D eigenvalue weighted by Crippen LogP contribution is 2.28. The van der Waals surface area contributed by atoms with Gasteiger partial charge < -0.3 is 16.4 Å². The van der Waals surface area contributed by atoms with Crippen molar-refractivity contribution in [3.8, 4) is 0 Å². The number of hydrogen-bond acceptors (Lipinski definition) is 3. The van der Waals surface area contributed by atoms with Gasteiger partial charge in [0.1, 0.15) is 0 Å². The van der Waals surface area contributed by atoms with Crippen LogP contribution in [0, 0.1) is 0 Å². The molecule has 128 valence electrons. The molecule has 0 spiro atoms. The molecule has 0 fully saturated rings. The van der Waals surface area contributed by atoms with Gasteiger partial charge in [0.25, 0.3) is 0 Å². The second-order valence-electron chi connectivity index (χ2n) is 4.49. The molecule has 0 saturated heterocycles. The zero-order valence-corrected chi connectivity index (χ0v) is 16.4.